The summed E-state index contributed by atoms with van der Waals surface area (Å²) in [5.41, 5.74) is 12.8. The molecule has 35 heavy (non-hydrogen) atoms. The van der Waals surface area contributed by atoms with Crippen molar-refractivity contribution in [1.82, 2.24) is 0 Å². The molecule has 2 heteroatoms. The van der Waals surface area contributed by atoms with Gasteiger partial charge in [0.2, 0.25) is 5.69 Å². The van der Waals surface area contributed by atoms with Crippen molar-refractivity contribution in [2.75, 3.05) is 0 Å². The maximum absolute atomic E-state index is 6.74. The van der Waals surface area contributed by atoms with Crippen LogP contribution in [0.1, 0.15) is 16.7 Å². The lowest BCUT2D eigenvalue weighted by molar-refractivity contribution is -0.660. The Morgan fingerprint density at radius 3 is 2.14 bits per heavy atom. The molecule has 0 N–H and O–H groups in total. The number of aromatic nitrogens is 1. The van der Waals surface area contributed by atoms with Gasteiger partial charge in [-0.1, -0.05) is 72.8 Å². The highest BCUT2D eigenvalue weighted by molar-refractivity contribution is 6.13. The summed E-state index contributed by atoms with van der Waals surface area (Å²) in [4.78, 5) is 0. The molecule has 0 bridgehead atoms. The molecule has 0 saturated heterocycles. The smallest absolute Gasteiger partial charge is 0.216 e. The van der Waals surface area contributed by atoms with Crippen LogP contribution in [0.15, 0.2) is 102 Å². The fourth-order valence-electron chi connectivity index (χ4n) is 5.30. The normalized spacial score (nSPS) is 11.4. The number of para-hydroxylation sites is 1. The SMILES string of the molecule is Cc1ccccc1-c1ccc(-c2cccc3c2oc2c(-c4cccc[n+]4C)c(C)ccc23)c(C)c1. The lowest BCUT2D eigenvalue weighted by Gasteiger charge is -2.11. The Bertz CT molecular complexity index is 1740. The Hall–Kier alpha value is -4.17. The Morgan fingerprint density at radius 2 is 1.34 bits per heavy atom. The van der Waals surface area contributed by atoms with E-state index in [9.17, 15) is 0 Å². The van der Waals surface area contributed by atoms with Gasteiger partial charge < -0.3 is 4.42 Å². The standard InChI is InChI=1S/C33H28NO/c1-21-10-5-6-11-25(21)24-16-18-26(23(3)20-24)27-12-9-13-28-29-17-15-22(2)31(33(29)35-32(27)28)30-14-7-8-19-34(30)4/h5-20H,1-4H3/q+1. The maximum atomic E-state index is 6.74. The van der Waals surface area contributed by atoms with E-state index in [0.717, 1.165) is 38.8 Å². The third-order valence-corrected chi connectivity index (χ3v) is 7.16. The van der Waals surface area contributed by atoms with Crippen molar-refractivity contribution in [2.24, 2.45) is 7.05 Å². The molecule has 0 fully saturated rings. The zero-order chi connectivity index (χ0) is 24.1. The van der Waals surface area contributed by atoms with E-state index < -0.39 is 0 Å². The van der Waals surface area contributed by atoms with E-state index >= 15 is 0 Å². The second kappa shape index (κ2) is 8.25. The second-order valence-corrected chi connectivity index (χ2v) is 9.46. The third kappa shape index (κ3) is 3.45. The highest BCUT2D eigenvalue weighted by Gasteiger charge is 2.21. The van der Waals surface area contributed by atoms with Crippen molar-refractivity contribution < 1.29 is 8.98 Å². The molecule has 0 spiro atoms. The van der Waals surface area contributed by atoms with Crippen molar-refractivity contribution >= 4 is 21.9 Å². The number of rotatable bonds is 3. The molecular weight excluding hydrogens is 426 g/mol. The molecule has 170 valence electrons. The van der Waals surface area contributed by atoms with Gasteiger partial charge in [-0.15, -0.1) is 0 Å². The third-order valence-electron chi connectivity index (χ3n) is 7.16. The number of fused-ring (bicyclic) bond motifs is 3. The lowest BCUT2D eigenvalue weighted by Crippen LogP contribution is -2.30. The molecular formula is C33H28NO+. The molecule has 2 aromatic heterocycles. The first-order chi connectivity index (χ1) is 17.0. The number of aryl methyl sites for hydroxylation is 4. The molecule has 2 nitrogen and oxygen atoms in total. The van der Waals surface area contributed by atoms with E-state index in [1.54, 1.807) is 0 Å². The van der Waals surface area contributed by atoms with Gasteiger partial charge in [-0.3, -0.25) is 0 Å². The van der Waals surface area contributed by atoms with Crippen LogP contribution >= 0.6 is 0 Å². The quantitative estimate of drug-likeness (QED) is 0.246. The van der Waals surface area contributed by atoms with Gasteiger partial charge in [0.1, 0.15) is 18.2 Å². The first kappa shape index (κ1) is 21.4. The Balaban J connectivity index is 1.58. The minimum atomic E-state index is 0.944. The number of furan rings is 1. The zero-order valence-electron chi connectivity index (χ0n) is 20.6. The summed E-state index contributed by atoms with van der Waals surface area (Å²) < 4.78 is 8.89. The summed E-state index contributed by atoms with van der Waals surface area (Å²) >= 11 is 0. The van der Waals surface area contributed by atoms with E-state index in [2.05, 4.69) is 130 Å². The van der Waals surface area contributed by atoms with Gasteiger partial charge in [0.15, 0.2) is 6.20 Å². The maximum Gasteiger partial charge on any atom is 0.216 e. The molecule has 0 aliphatic heterocycles. The van der Waals surface area contributed by atoms with Crippen molar-refractivity contribution in [3.8, 4) is 33.5 Å². The van der Waals surface area contributed by atoms with Crippen LogP contribution < -0.4 is 4.57 Å². The van der Waals surface area contributed by atoms with Gasteiger partial charge in [-0.05, 0) is 60.2 Å². The molecule has 6 rings (SSSR count). The summed E-state index contributed by atoms with van der Waals surface area (Å²) in [6, 6.07) is 32.5. The van der Waals surface area contributed by atoms with Gasteiger partial charge in [-0.25, -0.2) is 4.57 Å². The molecule has 0 amide bonds. The van der Waals surface area contributed by atoms with Crippen LogP contribution in [-0.4, -0.2) is 0 Å². The van der Waals surface area contributed by atoms with Crippen molar-refractivity contribution in [3.63, 3.8) is 0 Å². The predicted molar refractivity (Wildman–Crippen MR) is 145 cm³/mol. The van der Waals surface area contributed by atoms with E-state index in [1.807, 2.05) is 0 Å². The van der Waals surface area contributed by atoms with Gasteiger partial charge in [0.25, 0.3) is 0 Å². The highest BCUT2D eigenvalue weighted by atomic mass is 16.3. The molecule has 4 aromatic carbocycles. The van der Waals surface area contributed by atoms with Crippen LogP contribution in [0.3, 0.4) is 0 Å². The molecule has 0 unspecified atom stereocenters. The second-order valence-electron chi connectivity index (χ2n) is 9.46. The van der Waals surface area contributed by atoms with Crippen LogP contribution in [0.2, 0.25) is 0 Å². The molecule has 2 heterocycles. The summed E-state index contributed by atoms with van der Waals surface area (Å²) in [5, 5.41) is 2.31. The van der Waals surface area contributed by atoms with Crippen LogP contribution in [0.4, 0.5) is 0 Å². The average Bonchev–Trinajstić information content (AvgIpc) is 3.24. The first-order valence-corrected chi connectivity index (χ1v) is 12.1. The van der Waals surface area contributed by atoms with Gasteiger partial charge in [-0.2, -0.15) is 0 Å². The van der Waals surface area contributed by atoms with E-state index in [0.29, 0.717) is 0 Å². The minimum Gasteiger partial charge on any atom is -0.454 e. The number of benzene rings is 4. The number of hydrogen-bond donors (Lipinski definition) is 0. The zero-order valence-corrected chi connectivity index (χ0v) is 20.6. The van der Waals surface area contributed by atoms with Gasteiger partial charge in [0, 0.05) is 28.5 Å². The van der Waals surface area contributed by atoms with E-state index in [4.69, 9.17) is 4.42 Å². The number of pyridine rings is 1. The largest absolute Gasteiger partial charge is 0.454 e. The van der Waals surface area contributed by atoms with Crippen LogP contribution in [-0.2, 0) is 7.05 Å². The first-order valence-electron chi connectivity index (χ1n) is 12.1. The Labute approximate surface area is 206 Å². The van der Waals surface area contributed by atoms with Crippen molar-refractivity contribution in [3.05, 3.63) is 114 Å². The lowest BCUT2D eigenvalue weighted by atomic mass is 9.93. The fourth-order valence-corrected chi connectivity index (χ4v) is 5.30. The molecule has 0 aliphatic carbocycles. The van der Waals surface area contributed by atoms with Crippen LogP contribution in [0.5, 0.6) is 0 Å². The summed E-state index contributed by atoms with van der Waals surface area (Å²) in [6.07, 6.45) is 2.08. The summed E-state index contributed by atoms with van der Waals surface area (Å²) in [5.74, 6) is 0. The topological polar surface area (TPSA) is 17.0 Å². The molecule has 6 aromatic rings. The Kier molecular flexibility index (Phi) is 5.04. The van der Waals surface area contributed by atoms with Gasteiger partial charge in [0.05, 0.1) is 5.56 Å². The summed E-state index contributed by atoms with van der Waals surface area (Å²) in [6.45, 7) is 6.52. The highest BCUT2D eigenvalue weighted by Crippen LogP contribution is 2.41. The van der Waals surface area contributed by atoms with Crippen LogP contribution in [0.25, 0.3) is 55.4 Å². The predicted octanol–water partition coefficient (Wildman–Crippen LogP) is 8.34. The molecule has 0 atom stereocenters. The van der Waals surface area contributed by atoms with E-state index in [-0.39, 0.29) is 0 Å². The molecule has 0 aliphatic rings. The van der Waals surface area contributed by atoms with Crippen molar-refractivity contribution in [1.29, 1.82) is 0 Å². The summed E-state index contributed by atoms with van der Waals surface area (Å²) in [7, 11) is 2.08. The minimum absolute atomic E-state index is 0.944. The van der Waals surface area contributed by atoms with E-state index in [1.165, 1.54) is 33.4 Å². The average molecular weight is 455 g/mol. The van der Waals surface area contributed by atoms with Gasteiger partial charge >= 0.3 is 0 Å². The molecule has 0 saturated carbocycles. The number of hydrogen-bond acceptors (Lipinski definition) is 1. The van der Waals surface area contributed by atoms with Crippen LogP contribution in [0, 0.1) is 20.8 Å². The molecule has 0 radical (unpaired) electrons. The fraction of sp³-hybridized carbons (Fsp3) is 0.121. The Morgan fingerprint density at radius 1 is 0.571 bits per heavy atom. The van der Waals surface area contributed by atoms with Crippen molar-refractivity contribution in [2.45, 2.75) is 20.8 Å². The monoisotopic (exact) mass is 454 g/mol. The number of nitrogens with zero attached hydrogens (tertiary/aromatic N) is 1.